The van der Waals surface area contributed by atoms with Crippen LogP contribution in [0.25, 0.3) is 5.69 Å². The van der Waals surface area contributed by atoms with E-state index in [4.69, 9.17) is 4.74 Å². The average Bonchev–Trinajstić information content (AvgIpc) is 3.02. The summed E-state index contributed by atoms with van der Waals surface area (Å²) in [4.78, 5) is 4.78. The van der Waals surface area contributed by atoms with Gasteiger partial charge >= 0.3 is 0 Å². The quantitative estimate of drug-likeness (QED) is 0.686. The monoisotopic (exact) mass is 347 g/mol. The summed E-state index contributed by atoms with van der Waals surface area (Å²) in [5.41, 5.74) is 2.55. The lowest BCUT2D eigenvalue weighted by Crippen LogP contribution is -1.97. The molecular formula is C17H15F2N3OS. The van der Waals surface area contributed by atoms with E-state index in [1.54, 1.807) is 13.4 Å². The Morgan fingerprint density at radius 3 is 2.62 bits per heavy atom. The minimum atomic E-state index is -0.870. The Hall–Kier alpha value is -2.54. The van der Waals surface area contributed by atoms with Crippen LogP contribution in [0.15, 0.2) is 53.8 Å². The van der Waals surface area contributed by atoms with Crippen molar-refractivity contribution in [2.75, 3.05) is 11.8 Å². The van der Waals surface area contributed by atoms with Crippen molar-refractivity contribution in [3.05, 3.63) is 66.3 Å². The van der Waals surface area contributed by atoms with Crippen LogP contribution >= 0.6 is 11.9 Å². The van der Waals surface area contributed by atoms with Crippen molar-refractivity contribution >= 4 is 17.6 Å². The second-order valence-corrected chi connectivity index (χ2v) is 5.97. The lowest BCUT2D eigenvalue weighted by Gasteiger charge is -2.12. The van der Waals surface area contributed by atoms with Gasteiger partial charge in [0.1, 0.15) is 5.75 Å². The van der Waals surface area contributed by atoms with Gasteiger partial charge in [-0.3, -0.25) is 0 Å². The minimum Gasteiger partial charge on any atom is -0.494 e. The Morgan fingerprint density at radius 1 is 1.12 bits per heavy atom. The summed E-state index contributed by atoms with van der Waals surface area (Å²) in [6.07, 6.45) is 3.62. The van der Waals surface area contributed by atoms with E-state index in [-0.39, 0.29) is 0 Å². The largest absolute Gasteiger partial charge is 0.494 e. The summed E-state index contributed by atoms with van der Waals surface area (Å²) in [6, 6.07) is 9.36. The molecular weight excluding hydrogens is 332 g/mol. The zero-order valence-electron chi connectivity index (χ0n) is 13.1. The van der Waals surface area contributed by atoms with Crippen LogP contribution in [0, 0.1) is 18.6 Å². The number of benzene rings is 2. The first kappa shape index (κ1) is 16.3. The minimum absolute atomic E-state index is 0.571. The van der Waals surface area contributed by atoms with Crippen molar-refractivity contribution in [1.29, 1.82) is 0 Å². The molecule has 24 heavy (non-hydrogen) atoms. The molecule has 4 nitrogen and oxygen atoms in total. The maximum atomic E-state index is 13.2. The Kier molecular flexibility index (Phi) is 4.71. The van der Waals surface area contributed by atoms with E-state index < -0.39 is 11.6 Å². The number of halogens is 2. The molecule has 0 aliphatic heterocycles. The van der Waals surface area contributed by atoms with Gasteiger partial charge in [0.05, 0.1) is 24.8 Å². The average molecular weight is 347 g/mol. The first-order valence-corrected chi connectivity index (χ1v) is 7.95. The van der Waals surface area contributed by atoms with Crippen molar-refractivity contribution in [3.8, 4) is 11.4 Å². The Morgan fingerprint density at radius 2 is 1.96 bits per heavy atom. The van der Waals surface area contributed by atoms with E-state index in [1.165, 1.54) is 18.0 Å². The molecule has 0 radical (unpaired) electrons. The van der Waals surface area contributed by atoms with Gasteiger partial charge in [0.25, 0.3) is 0 Å². The number of hydrogen-bond donors (Lipinski definition) is 1. The van der Waals surface area contributed by atoms with Crippen molar-refractivity contribution in [1.82, 2.24) is 9.55 Å². The van der Waals surface area contributed by atoms with Crippen molar-refractivity contribution < 1.29 is 13.5 Å². The molecule has 0 aliphatic carbocycles. The molecule has 3 aromatic rings. The number of nitrogens with zero attached hydrogens (tertiary/aromatic N) is 2. The first-order valence-electron chi connectivity index (χ1n) is 7.14. The lowest BCUT2D eigenvalue weighted by molar-refractivity contribution is 0.413. The van der Waals surface area contributed by atoms with E-state index >= 15 is 0 Å². The van der Waals surface area contributed by atoms with Gasteiger partial charge in [-0.2, -0.15) is 0 Å². The van der Waals surface area contributed by atoms with Gasteiger partial charge < -0.3 is 14.0 Å². The highest BCUT2D eigenvalue weighted by Gasteiger charge is 2.08. The molecule has 0 aliphatic rings. The number of anilines is 1. The molecule has 0 unspecified atom stereocenters. The van der Waals surface area contributed by atoms with Gasteiger partial charge in [-0.25, -0.2) is 13.8 Å². The van der Waals surface area contributed by atoms with E-state index in [0.717, 1.165) is 29.2 Å². The molecule has 0 atom stereocenters. The van der Waals surface area contributed by atoms with Crippen LogP contribution in [0.2, 0.25) is 0 Å². The summed E-state index contributed by atoms with van der Waals surface area (Å²) in [5.74, 6) is -1.06. The molecule has 2 aromatic carbocycles. The van der Waals surface area contributed by atoms with Crippen molar-refractivity contribution in [3.63, 3.8) is 0 Å². The molecule has 7 heteroatoms. The highest BCUT2D eigenvalue weighted by molar-refractivity contribution is 8.00. The number of methoxy groups -OCH3 is 1. The zero-order chi connectivity index (χ0) is 17.1. The Labute approximate surface area is 142 Å². The Bertz CT molecular complexity index is 867. The normalized spacial score (nSPS) is 10.7. The number of ether oxygens (including phenoxy) is 1. The second-order valence-electron chi connectivity index (χ2n) is 5.09. The van der Waals surface area contributed by atoms with Crippen LogP contribution in [0.5, 0.6) is 5.75 Å². The van der Waals surface area contributed by atoms with Crippen LogP contribution in [0.3, 0.4) is 0 Å². The van der Waals surface area contributed by atoms with Crippen molar-refractivity contribution in [2.24, 2.45) is 0 Å². The number of hydrogen-bond acceptors (Lipinski definition) is 4. The fraction of sp³-hybridized carbons (Fsp3) is 0.118. The molecule has 1 aromatic heterocycles. The predicted molar refractivity (Wildman–Crippen MR) is 90.7 cm³/mol. The van der Waals surface area contributed by atoms with Gasteiger partial charge in [0, 0.05) is 22.8 Å². The molecule has 0 bridgehead atoms. The summed E-state index contributed by atoms with van der Waals surface area (Å²) in [5, 5.41) is 0. The number of aromatic nitrogens is 2. The zero-order valence-corrected chi connectivity index (χ0v) is 13.9. The number of rotatable bonds is 5. The van der Waals surface area contributed by atoms with Crippen LogP contribution in [-0.4, -0.2) is 16.7 Å². The third-order valence-corrected chi connectivity index (χ3v) is 4.17. The third-order valence-electron chi connectivity index (χ3n) is 3.35. The highest BCUT2D eigenvalue weighted by Crippen LogP contribution is 2.29. The highest BCUT2D eigenvalue weighted by atomic mass is 32.2. The van der Waals surface area contributed by atoms with Gasteiger partial charge in [-0.1, -0.05) is 0 Å². The topological polar surface area (TPSA) is 39.1 Å². The van der Waals surface area contributed by atoms with Gasteiger partial charge in [0.15, 0.2) is 11.6 Å². The van der Waals surface area contributed by atoms with Crippen LogP contribution < -0.4 is 9.46 Å². The molecule has 0 saturated heterocycles. The summed E-state index contributed by atoms with van der Waals surface area (Å²) >= 11 is 1.19. The maximum absolute atomic E-state index is 13.2. The molecule has 0 saturated carbocycles. The number of nitrogens with one attached hydrogen (secondary N) is 1. The van der Waals surface area contributed by atoms with Gasteiger partial charge in [-0.15, -0.1) is 0 Å². The van der Waals surface area contributed by atoms with Gasteiger partial charge in [0.2, 0.25) is 0 Å². The summed E-state index contributed by atoms with van der Waals surface area (Å²) in [7, 11) is 1.59. The smallest absolute Gasteiger partial charge is 0.160 e. The fourth-order valence-electron chi connectivity index (χ4n) is 2.17. The molecule has 1 heterocycles. The van der Waals surface area contributed by atoms with E-state index in [0.29, 0.717) is 10.6 Å². The molecule has 0 amide bonds. The first-order chi connectivity index (χ1) is 11.6. The van der Waals surface area contributed by atoms with Crippen LogP contribution in [-0.2, 0) is 0 Å². The fourth-order valence-corrected chi connectivity index (χ4v) is 2.83. The molecule has 124 valence electrons. The summed E-state index contributed by atoms with van der Waals surface area (Å²) < 4.78 is 36.6. The van der Waals surface area contributed by atoms with Crippen molar-refractivity contribution in [2.45, 2.75) is 11.8 Å². The third kappa shape index (κ3) is 3.51. The standard InChI is InChI=1S/C17H15F2N3OS/c1-11-9-22(10-20-11)16-6-3-12(7-17(16)23-2)21-24-13-4-5-14(18)15(19)8-13/h3-10,21H,1-2H3. The predicted octanol–water partition coefficient (Wildman–Crippen LogP) is 4.59. The van der Waals surface area contributed by atoms with E-state index in [1.807, 2.05) is 35.9 Å². The molecule has 0 fully saturated rings. The van der Waals surface area contributed by atoms with E-state index in [9.17, 15) is 8.78 Å². The van der Waals surface area contributed by atoms with Gasteiger partial charge in [-0.05, 0) is 49.2 Å². The van der Waals surface area contributed by atoms with E-state index in [2.05, 4.69) is 9.71 Å². The molecule has 1 N–H and O–H groups in total. The SMILES string of the molecule is COc1cc(NSc2ccc(F)c(F)c2)ccc1-n1cnc(C)c1. The number of aryl methyl sites for hydroxylation is 1. The lowest BCUT2D eigenvalue weighted by atomic mass is 10.2. The molecule has 0 spiro atoms. The molecule has 3 rings (SSSR count). The van der Waals surface area contributed by atoms with Crippen LogP contribution in [0.4, 0.5) is 14.5 Å². The summed E-state index contributed by atoms with van der Waals surface area (Å²) in [6.45, 7) is 1.91. The second kappa shape index (κ2) is 6.92. The number of imidazole rings is 1. The maximum Gasteiger partial charge on any atom is 0.160 e. The Balaban J connectivity index is 1.78. The van der Waals surface area contributed by atoms with Crippen LogP contribution in [0.1, 0.15) is 5.69 Å².